The molecule has 3 rings (SSSR count). The molecule has 0 fully saturated rings. The summed E-state index contributed by atoms with van der Waals surface area (Å²) >= 11 is 0. The number of hydrogen-bond acceptors (Lipinski definition) is 5. The quantitative estimate of drug-likeness (QED) is 0.239. The molecule has 0 N–H and O–H groups in total. The van der Waals surface area contributed by atoms with Gasteiger partial charge in [-0.1, -0.05) is 23.8 Å². The monoisotopic (exact) mass is 417 g/mol. The van der Waals surface area contributed by atoms with Crippen LogP contribution in [0, 0.1) is 6.92 Å². The highest BCUT2D eigenvalue weighted by molar-refractivity contribution is 5.96. The molecule has 0 aromatic heterocycles. The number of ether oxygens (including phenoxy) is 4. The first kappa shape index (κ1) is 22.0. The number of benzene rings is 3. The van der Waals surface area contributed by atoms with Crippen LogP contribution in [-0.2, 0) is 0 Å². The molecule has 0 saturated heterocycles. The van der Waals surface area contributed by atoms with Gasteiger partial charge in [0.1, 0.15) is 23.0 Å². The lowest BCUT2D eigenvalue weighted by Crippen LogP contribution is -2.11. The molecule has 5 nitrogen and oxygen atoms in total. The lowest BCUT2D eigenvalue weighted by atomic mass is 10.2. The highest BCUT2D eigenvalue weighted by Crippen LogP contribution is 2.23. The SMILES string of the molecule is CCOc1cccc(OC(=N\c2ccc(C)cc2)/C(C)=C/Oc2ccc(OC)cc2)c1. The summed E-state index contributed by atoms with van der Waals surface area (Å²) in [7, 11) is 1.63. The van der Waals surface area contributed by atoms with Crippen LogP contribution in [0.5, 0.6) is 23.0 Å². The molecule has 31 heavy (non-hydrogen) atoms. The van der Waals surface area contributed by atoms with Crippen LogP contribution >= 0.6 is 0 Å². The van der Waals surface area contributed by atoms with E-state index in [4.69, 9.17) is 23.9 Å². The standard InChI is InChI=1S/C26H27NO4/c1-5-29-24-7-6-8-25(17-24)31-26(27-21-11-9-19(2)10-12-21)20(3)18-30-23-15-13-22(28-4)14-16-23/h6-18H,5H2,1-4H3/b20-18+,27-26-. The minimum Gasteiger partial charge on any atom is -0.497 e. The van der Waals surface area contributed by atoms with Crippen molar-refractivity contribution in [1.29, 1.82) is 0 Å². The Bertz CT molecular complexity index is 1040. The molecule has 0 aliphatic heterocycles. The van der Waals surface area contributed by atoms with Gasteiger partial charge in [-0.15, -0.1) is 0 Å². The summed E-state index contributed by atoms with van der Waals surface area (Å²) in [6, 6.07) is 22.8. The molecule has 3 aromatic rings. The van der Waals surface area contributed by atoms with E-state index in [1.54, 1.807) is 13.4 Å². The van der Waals surface area contributed by atoms with Gasteiger partial charge < -0.3 is 18.9 Å². The fraction of sp³-hybridized carbons (Fsp3) is 0.192. The van der Waals surface area contributed by atoms with Gasteiger partial charge in [0.2, 0.25) is 5.90 Å². The summed E-state index contributed by atoms with van der Waals surface area (Å²) in [6.07, 6.45) is 1.63. The van der Waals surface area contributed by atoms with Crippen molar-refractivity contribution in [1.82, 2.24) is 0 Å². The lowest BCUT2D eigenvalue weighted by Gasteiger charge is -2.12. The highest BCUT2D eigenvalue weighted by atomic mass is 16.5. The molecule has 0 radical (unpaired) electrons. The summed E-state index contributed by atoms with van der Waals surface area (Å²) < 4.78 is 22.7. The van der Waals surface area contributed by atoms with Gasteiger partial charge in [0.25, 0.3) is 0 Å². The van der Waals surface area contributed by atoms with E-state index in [2.05, 4.69) is 0 Å². The third-order valence-corrected chi connectivity index (χ3v) is 4.36. The summed E-state index contributed by atoms with van der Waals surface area (Å²) in [4.78, 5) is 4.70. The molecule has 0 unspecified atom stereocenters. The first-order valence-electron chi connectivity index (χ1n) is 10.1. The average molecular weight is 418 g/mol. The molecule has 0 heterocycles. The topological polar surface area (TPSA) is 49.3 Å². The van der Waals surface area contributed by atoms with Gasteiger partial charge in [0, 0.05) is 11.6 Å². The van der Waals surface area contributed by atoms with E-state index in [0.29, 0.717) is 24.0 Å². The van der Waals surface area contributed by atoms with Crippen molar-refractivity contribution in [2.45, 2.75) is 20.8 Å². The number of rotatable bonds is 8. The van der Waals surface area contributed by atoms with Gasteiger partial charge in [-0.05, 0) is 69.3 Å². The van der Waals surface area contributed by atoms with Crippen LogP contribution in [0.3, 0.4) is 0 Å². The van der Waals surface area contributed by atoms with Crippen molar-refractivity contribution >= 4 is 11.6 Å². The Labute approximate surface area is 183 Å². The summed E-state index contributed by atoms with van der Waals surface area (Å²) in [5.74, 6) is 3.27. The number of nitrogens with zero attached hydrogens (tertiary/aromatic N) is 1. The van der Waals surface area contributed by atoms with Crippen molar-refractivity contribution in [2.75, 3.05) is 13.7 Å². The van der Waals surface area contributed by atoms with Gasteiger partial charge >= 0.3 is 0 Å². The summed E-state index contributed by atoms with van der Waals surface area (Å²) in [6.45, 7) is 6.46. The zero-order chi connectivity index (χ0) is 22.1. The van der Waals surface area contributed by atoms with Crippen LogP contribution in [0.4, 0.5) is 5.69 Å². The third-order valence-electron chi connectivity index (χ3n) is 4.36. The fourth-order valence-electron chi connectivity index (χ4n) is 2.69. The van der Waals surface area contributed by atoms with E-state index < -0.39 is 0 Å². The van der Waals surface area contributed by atoms with Crippen molar-refractivity contribution in [2.24, 2.45) is 4.99 Å². The predicted molar refractivity (Wildman–Crippen MR) is 124 cm³/mol. The number of aryl methyl sites for hydroxylation is 1. The molecule has 0 bridgehead atoms. The smallest absolute Gasteiger partial charge is 0.225 e. The molecule has 0 spiro atoms. The highest BCUT2D eigenvalue weighted by Gasteiger charge is 2.09. The molecule has 3 aromatic carbocycles. The Morgan fingerprint density at radius 2 is 1.55 bits per heavy atom. The van der Waals surface area contributed by atoms with E-state index in [-0.39, 0.29) is 0 Å². The van der Waals surface area contributed by atoms with Crippen LogP contribution in [0.2, 0.25) is 0 Å². The Morgan fingerprint density at radius 1 is 0.871 bits per heavy atom. The maximum absolute atomic E-state index is 6.12. The maximum Gasteiger partial charge on any atom is 0.225 e. The average Bonchev–Trinajstić information content (AvgIpc) is 2.79. The van der Waals surface area contributed by atoms with Crippen LogP contribution < -0.4 is 18.9 Å². The Kier molecular flexibility index (Phi) is 7.71. The number of methoxy groups -OCH3 is 1. The predicted octanol–water partition coefficient (Wildman–Crippen LogP) is 6.49. The van der Waals surface area contributed by atoms with Gasteiger partial charge in [0.15, 0.2) is 0 Å². The first-order valence-corrected chi connectivity index (χ1v) is 10.1. The Hall–Kier alpha value is -3.73. The van der Waals surface area contributed by atoms with Crippen LogP contribution in [0.15, 0.2) is 89.6 Å². The fourth-order valence-corrected chi connectivity index (χ4v) is 2.69. The normalized spacial score (nSPS) is 11.7. The summed E-state index contributed by atoms with van der Waals surface area (Å²) in [5, 5.41) is 0. The van der Waals surface area contributed by atoms with Crippen molar-refractivity contribution < 1.29 is 18.9 Å². The van der Waals surface area contributed by atoms with Crippen molar-refractivity contribution in [3.8, 4) is 23.0 Å². The zero-order valence-electron chi connectivity index (χ0n) is 18.3. The molecule has 0 aliphatic rings. The van der Waals surface area contributed by atoms with E-state index in [1.807, 2.05) is 93.6 Å². The summed E-state index contributed by atoms with van der Waals surface area (Å²) in [5.41, 5.74) is 2.69. The van der Waals surface area contributed by atoms with E-state index in [1.165, 1.54) is 5.56 Å². The molecule has 0 amide bonds. The van der Waals surface area contributed by atoms with Crippen LogP contribution in [0.25, 0.3) is 0 Å². The Balaban J connectivity index is 1.86. The first-order chi connectivity index (χ1) is 15.1. The maximum atomic E-state index is 6.12. The zero-order valence-corrected chi connectivity index (χ0v) is 18.3. The molecule has 0 aliphatic carbocycles. The van der Waals surface area contributed by atoms with Gasteiger partial charge in [-0.25, -0.2) is 4.99 Å². The number of hydrogen-bond donors (Lipinski definition) is 0. The van der Waals surface area contributed by atoms with Crippen molar-refractivity contribution in [3.63, 3.8) is 0 Å². The third kappa shape index (κ3) is 6.64. The lowest BCUT2D eigenvalue weighted by molar-refractivity contribution is 0.339. The van der Waals surface area contributed by atoms with Gasteiger partial charge in [0.05, 0.1) is 25.7 Å². The molecule has 5 heteroatoms. The second-order valence-electron chi connectivity index (χ2n) is 6.86. The van der Waals surface area contributed by atoms with Gasteiger partial charge in [-0.2, -0.15) is 0 Å². The van der Waals surface area contributed by atoms with E-state index >= 15 is 0 Å². The molecule has 0 saturated carbocycles. The molecular formula is C26H27NO4. The van der Waals surface area contributed by atoms with Crippen LogP contribution in [-0.4, -0.2) is 19.6 Å². The largest absolute Gasteiger partial charge is 0.497 e. The second-order valence-corrected chi connectivity index (χ2v) is 6.86. The number of aliphatic imine (C=N–C) groups is 1. The molecule has 160 valence electrons. The van der Waals surface area contributed by atoms with E-state index in [9.17, 15) is 0 Å². The molecular weight excluding hydrogens is 390 g/mol. The Morgan fingerprint density at radius 3 is 2.23 bits per heavy atom. The second kappa shape index (κ2) is 10.9. The molecule has 0 atom stereocenters. The van der Waals surface area contributed by atoms with Crippen LogP contribution in [0.1, 0.15) is 19.4 Å². The van der Waals surface area contributed by atoms with E-state index in [0.717, 1.165) is 22.8 Å². The van der Waals surface area contributed by atoms with Crippen molar-refractivity contribution in [3.05, 3.63) is 90.2 Å². The minimum atomic E-state index is 0.436. The van der Waals surface area contributed by atoms with Gasteiger partial charge in [-0.3, -0.25) is 0 Å². The minimum absolute atomic E-state index is 0.436.